The van der Waals surface area contributed by atoms with Crippen LogP contribution in [0, 0.1) is 6.92 Å². The predicted octanol–water partition coefficient (Wildman–Crippen LogP) is 3.51. The molecule has 1 heterocycles. The van der Waals surface area contributed by atoms with Gasteiger partial charge in [0.1, 0.15) is 12.0 Å². The fraction of sp³-hybridized carbons (Fsp3) is 0.0714. The first-order chi connectivity index (χ1) is 8.22. The van der Waals surface area contributed by atoms with E-state index in [1.54, 1.807) is 18.4 Å². The normalized spacial score (nSPS) is 10.9. The van der Waals surface area contributed by atoms with E-state index in [4.69, 9.17) is 4.42 Å². The molecule has 3 rings (SSSR count). The third-order valence-electron chi connectivity index (χ3n) is 2.69. The van der Waals surface area contributed by atoms with Gasteiger partial charge >= 0.3 is 0 Å². The van der Waals surface area contributed by atoms with E-state index in [2.05, 4.69) is 4.98 Å². The number of rotatable bonds is 1. The number of hydrogen-bond donors (Lipinski definition) is 1. The average molecular weight is 225 g/mol. The van der Waals surface area contributed by atoms with Crippen LogP contribution in [0.1, 0.15) is 5.69 Å². The smallest absolute Gasteiger partial charge is 0.226 e. The van der Waals surface area contributed by atoms with E-state index < -0.39 is 0 Å². The lowest BCUT2D eigenvalue weighted by Crippen LogP contribution is -1.79. The summed E-state index contributed by atoms with van der Waals surface area (Å²) in [6.45, 7) is 1.89. The van der Waals surface area contributed by atoms with Crippen molar-refractivity contribution in [1.29, 1.82) is 0 Å². The van der Waals surface area contributed by atoms with Crippen LogP contribution >= 0.6 is 0 Å². The van der Waals surface area contributed by atoms with Crippen molar-refractivity contribution in [2.45, 2.75) is 6.92 Å². The van der Waals surface area contributed by atoms with Crippen LogP contribution in [-0.2, 0) is 0 Å². The van der Waals surface area contributed by atoms with Crippen LogP contribution < -0.4 is 0 Å². The molecule has 0 amide bonds. The van der Waals surface area contributed by atoms with E-state index in [9.17, 15) is 5.11 Å². The summed E-state index contributed by atoms with van der Waals surface area (Å²) < 4.78 is 5.36. The lowest BCUT2D eigenvalue weighted by atomic mass is 10.1. The van der Waals surface area contributed by atoms with Crippen LogP contribution in [0.5, 0.6) is 5.75 Å². The summed E-state index contributed by atoms with van der Waals surface area (Å²) in [5, 5.41) is 11.4. The number of aromatic nitrogens is 1. The molecule has 0 aliphatic rings. The lowest BCUT2D eigenvalue weighted by molar-refractivity contribution is 0.476. The number of phenols is 1. The van der Waals surface area contributed by atoms with E-state index in [1.807, 2.05) is 31.2 Å². The summed E-state index contributed by atoms with van der Waals surface area (Å²) in [6.07, 6.45) is 1.64. The molecule has 0 unspecified atom stereocenters. The Morgan fingerprint density at radius 2 is 1.82 bits per heavy atom. The molecule has 2 aromatic carbocycles. The van der Waals surface area contributed by atoms with Crippen molar-refractivity contribution in [1.82, 2.24) is 4.98 Å². The number of aromatic hydroxyl groups is 1. The van der Waals surface area contributed by atoms with Crippen molar-refractivity contribution in [2.24, 2.45) is 0 Å². The maximum absolute atomic E-state index is 9.39. The third-order valence-corrected chi connectivity index (χ3v) is 2.69. The molecular weight excluding hydrogens is 214 g/mol. The lowest BCUT2D eigenvalue weighted by Gasteiger charge is -2.01. The first kappa shape index (κ1) is 9.90. The largest absolute Gasteiger partial charge is 0.508 e. The maximum Gasteiger partial charge on any atom is 0.226 e. The number of hydrogen-bond acceptors (Lipinski definition) is 3. The standard InChI is InChI=1S/C14H11NO2/c1-9-8-17-14(15-9)12-3-2-11-7-13(16)5-4-10(11)6-12/h2-8,16H,1H3. The molecule has 0 fully saturated rings. The Morgan fingerprint density at radius 3 is 2.59 bits per heavy atom. The van der Waals surface area contributed by atoms with Gasteiger partial charge in [0.05, 0.1) is 5.69 Å². The van der Waals surface area contributed by atoms with Crippen LogP contribution in [0.25, 0.3) is 22.2 Å². The Hall–Kier alpha value is -2.29. The highest BCUT2D eigenvalue weighted by atomic mass is 16.3. The molecule has 0 saturated heterocycles. The quantitative estimate of drug-likeness (QED) is 0.689. The molecule has 0 aliphatic carbocycles. The van der Waals surface area contributed by atoms with Crippen molar-refractivity contribution in [3.8, 4) is 17.2 Å². The molecule has 84 valence electrons. The minimum absolute atomic E-state index is 0.275. The maximum atomic E-state index is 9.39. The Morgan fingerprint density at radius 1 is 1.06 bits per heavy atom. The average Bonchev–Trinajstić information content (AvgIpc) is 2.75. The number of oxazole rings is 1. The second-order valence-electron chi connectivity index (χ2n) is 4.04. The summed E-state index contributed by atoms with van der Waals surface area (Å²) in [5.74, 6) is 0.898. The molecule has 0 atom stereocenters. The number of benzene rings is 2. The Kier molecular flexibility index (Phi) is 2.11. The first-order valence-electron chi connectivity index (χ1n) is 5.38. The molecule has 17 heavy (non-hydrogen) atoms. The zero-order valence-corrected chi connectivity index (χ0v) is 9.34. The third kappa shape index (κ3) is 1.76. The predicted molar refractivity (Wildman–Crippen MR) is 65.8 cm³/mol. The van der Waals surface area contributed by atoms with E-state index in [0.29, 0.717) is 5.89 Å². The fourth-order valence-electron chi connectivity index (χ4n) is 1.85. The summed E-state index contributed by atoms with van der Waals surface area (Å²) in [7, 11) is 0. The van der Waals surface area contributed by atoms with E-state index in [-0.39, 0.29) is 5.75 Å². The van der Waals surface area contributed by atoms with Gasteiger partial charge in [-0.1, -0.05) is 12.1 Å². The molecule has 0 radical (unpaired) electrons. The monoisotopic (exact) mass is 225 g/mol. The van der Waals surface area contributed by atoms with Crippen molar-refractivity contribution in [2.75, 3.05) is 0 Å². The van der Waals surface area contributed by atoms with Gasteiger partial charge in [-0.05, 0) is 42.0 Å². The second-order valence-corrected chi connectivity index (χ2v) is 4.04. The number of fused-ring (bicyclic) bond motifs is 1. The highest BCUT2D eigenvalue weighted by Crippen LogP contribution is 2.26. The molecule has 0 saturated carbocycles. The van der Waals surface area contributed by atoms with Gasteiger partial charge in [0.15, 0.2) is 0 Å². The van der Waals surface area contributed by atoms with Gasteiger partial charge < -0.3 is 9.52 Å². The fourth-order valence-corrected chi connectivity index (χ4v) is 1.85. The van der Waals surface area contributed by atoms with Crippen LogP contribution in [0.3, 0.4) is 0 Å². The van der Waals surface area contributed by atoms with Gasteiger partial charge in [0.25, 0.3) is 0 Å². The first-order valence-corrected chi connectivity index (χ1v) is 5.38. The highest BCUT2D eigenvalue weighted by Gasteiger charge is 2.05. The molecule has 0 aliphatic heterocycles. The number of aryl methyl sites for hydroxylation is 1. The van der Waals surface area contributed by atoms with Gasteiger partial charge in [-0.2, -0.15) is 0 Å². The zero-order valence-electron chi connectivity index (χ0n) is 9.34. The van der Waals surface area contributed by atoms with Gasteiger partial charge in [-0.25, -0.2) is 4.98 Å². The SMILES string of the molecule is Cc1coc(-c2ccc3cc(O)ccc3c2)n1. The Bertz CT molecular complexity index is 686. The Labute approximate surface area is 98.3 Å². The number of phenolic OH excluding ortho intramolecular Hbond substituents is 1. The van der Waals surface area contributed by atoms with Crippen molar-refractivity contribution in [3.05, 3.63) is 48.4 Å². The molecular formula is C14H11NO2. The molecule has 1 N–H and O–H groups in total. The Balaban J connectivity index is 2.16. The molecule has 3 heteroatoms. The summed E-state index contributed by atoms with van der Waals surface area (Å²) >= 11 is 0. The van der Waals surface area contributed by atoms with Crippen molar-refractivity contribution >= 4 is 10.8 Å². The topological polar surface area (TPSA) is 46.3 Å². The van der Waals surface area contributed by atoms with Gasteiger partial charge in [0.2, 0.25) is 5.89 Å². The van der Waals surface area contributed by atoms with Gasteiger partial charge in [0, 0.05) is 5.56 Å². The molecule has 0 bridgehead atoms. The van der Waals surface area contributed by atoms with Gasteiger partial charge in [-0.3, -0.25) is 0 Å². The van der Waals surface area contributed by atoms with Crippen LogP contribution in [0.2, 0.25) is 0 Å². The van der Waals surface area contributed by atoms with Crippen molar-refractivity contribution < 1.29 is 9.52 Å². The summed E-state index contributed by atoms with van der Waals surface area (Å²) in [4.78, 5) is 4.29. The van der Waals surface area contributed by atoms with Crippen molar-refractivity contribution in [3.63, 3.8) is 0 Å². The molecule has 0 spiro atoms. The highest BCUT2D eigenvalue weighted by molar-refractivity contribution is 5.87. The van der Waals surface area contributed by atoms with Gasteiger partial charge in [-0.15, -0.1) is 0 Å². The minimum atomic E-state index is 0.275. The van der Waals surface area contributed by atoms with Crippen LogP contribution in [-0.4, -0.2) is 10.1 Å². The van der Waals surface area contributed by atoms with E-state index >= 15 is 0 Å². The zero-order chi connectivity index (χ0) is 11.8. The number of nitrogens with zero attached hydrogens (tertiary/aromatic N) is 1. The second kappa shape index (κ2) is 3.63. The van der Waals surface area contributed by atoms with E-state index in [0.717, 1.165) is 22.0 Å². The van der Waals surface area contributed by atoms with Crippen LogP contribution in [0.15, 0.2) is 47.1 Å². The summed E-state index contributed by atoms with van der Waals surface area (Å²) in [6, 6.07) is 11.2. The minimum Gasteiger partial charge on any atom is -0.508 e. The molecule has 3 aromatic rings. The summed E-state index contributed by atoms with van der Waals surface area (Å²) in [5.41, 5.74) is 1.81. The molecule has 1 aromatic heterocycles. The van der Waals surface area contributed by atoms with E-state index in [1.165, 1.54) is 0 Å². The van der Waals surface area contributed by atoms with Crippen LogP contribution in [0.4, 0.5) is 0 Å². The molecule has 3 nitrogen and oxygen atoms in total.